The third-order valence-electron chi connectivity index (χ3n) is 0.546. The summed E-state index contributed by atoms with van der Waals surface area (Å²) in [5, 5.41) is 0. The fraction of sp³-hybridized carbons (Fsp3) is 0.200. The lowest BCUT2D eigenvalue weighted by molar-refractivity contribution is 1.44. The summed E-state index contributed by atoms with van der Waals surface area (Å²) in [6.45, 7) is 16.9. The molecule has 0 aromatic heterocycles. The molecule has 1 nitrogen and oxygen atoms in total. The maximum atomic E-state index is 5.26. The van der Waals surface area contributed by atoms with E-state index < -0.39 is 0 Å². The molecule has 0 aromatic carbocycles. The molecule has 0 saturated carbocycles. The van der Waals surface area contributed by atoms with Crippen LogP contribution in [0.25, 0.3) is 0 Å². The van der Waals surface area contributed by atoms with Gasteiger partial charge in [0.05, 0.1) is 0 Å². The first-order chi connectivity index (χ1) is 5.31. The molecule has 0 saturated heterocycles. The first kappa shape index (κ1) is 16.4. The number of hydrogen-bond acceptors (Lipinski definition) is 1. The van der Waals surface area contributed by atoms with Crippen LogP contribution in [-0.2, 0) is 0 Å². The van der Waals surface area contributed by atoms with Crippen LogP contribution < -0.4 is 5.73 Å². The van der Waals surface area contributed by atoms with Crippen molar-refractivity contribution in [3.63, 3.8) is 0 Å². The zero-order valence-corrected chi connectivity index (χ0v) is 7.64. The maximum Gasteiger partial charge on any atom is 0.0307 e. The molecule has 0 unspecified atom stereocenters. The standard InChI is InChI=1S/C6H9N.C2H6.C2H4/c1-3-5-6(7)4-2;2*1-2/h3-5H,1-2,7H2;1-2H3;1-2H2/b6-5+;;. The molecule has 11 heavy (non-hydrogen) atoms. The number of rotatable bonds is 2. The second kappa shape index (κ2) is 23.3. The van der Waals surface area contributed by atoms with Crippen LogP contribution in [0, 0.1) is 0 Å². The molecule has 1 heteroatoms. The fourth-order valence-electron chi connectivity index (χ4n) is 0.204. The van der Waals surface area contributed by atoms with Crippen molar-refractivity contribution in [2.75, 3.05) is 0 Å². The lowest BCUT2D eigenvalue weighted by Gasteiger charge is -1.81. The van der Waals surface area contributed by atoms with E-state index in [2.05, 4.69) is 26.3 Å². The largest absolute Gasteiger partial charge is 0.399 e. The van der Waals surface area contributed by atoms with Gasteiger partial charge in [-0.05, 0) is 12.2 Å². The molecular weight excluding hydrogens is 134 g/mol. The highest BCUT2D eigenvalue weighted by atomic mass is 14.5. The Bertz CT molecular complexity index is 112. The summed E-state index contributed by atoms with van der Waals surface area (Å²) in [6, 6.07) is 0. The fourth-order valence-corrected chi connectivity index (χ4v) is 0.204. The van der Waals surface area contributed by atoms with Gasteiger partial charge in [-0.1, -0.05) is 33.1 Å². The number of hydrogen-bond donors (Lipinski definition) is 1. The smallest absolute Gasteiger partial charge is 0.0307 e. The summed E-state index contributed by atoms with van der Waals surface area (Å²) >= 11 is 0. The lowest BCUT2D eigenvalue weighted by Crippen LogP contribution is -1.89. The first-order valence-corrected chi connectivity index (χ1v) is 3.52. The van der Waals surface area contributed by atoms with Gasteiger partial charge in [0.1, 0.15) is 0 Å². The van der Waals surface area contributed by atoms with Gasteiger partial charge >= 0.3 is 0 Å². The Kier molecular flexibility index (Phi) is 34.7. The summed E-state index contributed by atoms with van der Waals surface area (Å²) < 4.78 is 0. The summed E-state index contributed by atoms with van der Waals surface area (Å²) in [5.41, 5.74) is 5.90. The second-order valence-corrected chi connectivity index (χ2v) is 1.11. The lowest BCUT2D eigenvalue weighted by atomic mass is 10.4. The predicted octanol–water partition coefficient (Wildman–Crippen LogP) is 3.03. The molecule has 64 valence electrons. The highest BCUT2D eigenvalue weighted by Gasteiger charge is 1.69. The zero-order chi connectivity index (χ0) is 9.70. The van der Waals surface area contributed by atoms with E-state index in [4.69, 9.17) is 5.73 Å². The monoisotopic (exact) mass is 153 g/mol. The van der Waals surface area contributed by atoms with Crippen LogP contribution in [0.5, 0.6) is 0 Å². The van der Waals surface area contributed by atoms with E-state index in [0.717, 1.165) is 0 Å². The molecule has 0 heterocycles. The molecule has 0 rings (SSSR count). The summed E-state index contributed by atoms with van der Waals surface area (Å²) in [7, 11) is 0. The van der Waals surface area contributed by atoms with E-state index in [9.17, 15) is 0 Å². The van der Waals surface area contributed by atoms with Gasteiger partial charge < -0.3 is 5.73 Å². The van der Waals surface area contributed by atoms with Crippen molar-refractivity contribution < 1.29 is 0 Å². The SMILES string of the molecule is C=C.C=C/C=C(/N)C=C.CC. The van der Waals surface area contributed by atoms with Crippen LogP contribution in [0.4, 0.5) is 0 Å². The van der Waals surface area contributed by atoms with Gasteiger partial charge in [-0.25, -0.2) is 0 Å². The van der Waals surface area contributed by atoms with Gasteiger partial charge in [0.25, 0.3) is 0 Å². The summed E-state index contributed by atoms with van der Waals surface area (Å²) in [6.07, 6.45) is 4.88. The van der Waals surface area contributed by atoms with E-state index in [-0.39, 0.29) is 0 Å². The van der Waals surface area contributed by atoms with Crippen molar-refractivity contribution in [3.05, 3.63) is 50.2 Å². The summed E-state index contributed by atoms with van der Waals surface area (Å²) in [5.74, 6) is 0. The summed E-state index contributed by atoms with van der Waals surface area (Å²) in [4.78, 5) is 0. The maximum absolute atomic E-state index is 5.26. The second-order valence-electron chi connectivity index (χ2n) is 1.11. The number of allylic oxidation sites excluding steroid dienone is 3. The average molecular weight is 153 g/mol. The normalized spacial score (nSPS) is 7.64. The highest BCUT2D eigenvalue weighted by Crippen LogP contribution is 1.81. The van der Waals surface area contributed by atoms with Crippen LogP contribution in [0.2, 0.25) is 0 Å². The van der Waals surface area contributed by atoms with Crippen LogP contribution in [-0.4, -0.2) is 0 Å². The quantitative estimate of drug-likeness (QED) is 0.479. The Hall–Kier alpha value is -1.24. The minimum Gasteiger partial charge on any atom is -0.399 e. The predicted molar refractivity (Wildman–Crippen MR) is 55.3 cm³/mol. The zero-order valence-electron chi connectivity index (χ0n) is 7.64. The molecule has 0 aliphatic heterocycles. The Balaban J connectivity index is -0.000000138. The van der Waals surface area contributed by atoms with Crippen molar-refractivity contribution >= 4 is 0 Å². The number of nitrogens with two attached hydrogens (primary N) is 1. The van der Waals surface area contributed by atoms with Gasteiger partial charge in [0, 0.05) is 5.70 Å². The van der Waals surface area contributed by atoms with Crippen molar-refractivity contribution in [2.45, 2.75) is 13.8 Å². The van der Waals surface area contributed by atoms with E-state index in [1.165, 1.54) is 0 Å². The van der Waals surface area contributed by atoms with Gasteiger partial charge in [-0.3, -0.25) is 0 Å². The van der Waals surface area contributed by atoms with E-state index >= 15 is 0 Å². The van der Waals surface area contributed by atoms with Gasteiger partial charge in [-0.15, -0.1) is 13.2 Å². The van der Waals surface area contributed by atoms with Crippen LogP contribution in [0.15, 0.2) is 50.2 Å². The third-order valence-corrected chi connectivity index (χ3v) is 0.546. The van der Waals surface area contributed by atoms with Crippen molar-refractivity contribution in [3.8, 4) is 0 Å². The molecule has 2 N–H and O–H groups in total. The Morgan fingerprint density at radius 2 is 1.55 bits per heavy atom. The van der Waals surface area contributed by atoms with Crippen LogP contribution in [0.1, 0.15) is 13.8 Å². The molecule has 0 radical (unpaired) electrons. The molecule has 0 spiro atoms. The molecule has 0 amide bonds. The molecular formula is C10H19N. The molecule has 0 fully saturated rings. The van der Waals surface area contributed by atoms with Gasteiger partial charge in [0.15, 0.2) is 0 Å². The highest BCUT2D eigenvalue weighted by molar-refractivity contribution is 5.16. The molecule has 0 aliphatic rings. The third kappa shape index (κ3) is 28.3. The minimum atomic E-state index is 0.648. The van der Waals surface area contributed by atoms with Crippen LogP contribution >= 0.6 is 0 Å². The molecule has 0 aliphatic carbocycles. The van der Waals surface area contributed by atoms with Gasteiger partial charge in [-0.2, -0.15) is 0 Å². The van der Waals surface area contributed by atoms with Crippen molar-refractivity contribution in [1.82, 2.24) is 0 Å². The van der Waals surface area contributed by atoms with E-state index in [1.54, 1.807) is 18.2 Å². The van der Waals surface area contributed by atoms with Gasteiger partial charge in [0.2, 0.25) is 0 Å². The van der Waals surface area contributed by atoms with E-state index in [0.29, 0.717) is 5.70 Å². The molecule has 0 aromatic rings. The average Bonchev–Trinajstić information content (AvgIpc) is 2.12. The Labute approximate surface area is 70.6 Å². The topological polar surface area (TPSA) is 26.0 Å². The first-order valence-electron chi connectivity index (χ1n) is 3.52. The Morgan fingerprint density at radius 3 is 1.64 bits per heavy atom. The molecule has 0 bridgehead atoms. The van der Waals surface area contributed by atoms with E-state index in [1.807, 2.05) is 13.8 Å². The van der Waals surface area contributed by atoms with Crippen molar-refractivity contribution in [2.24, 2.45) is 5.73 Å². The molecule has 0 atom stereocenters. The minimum absolute atomic E-state index is 0.648. The van der Waals surface area contributed by atoms with Crippen molar-refractivity contribution in [1.29, 1.82) is 0 Å². The van der Waals surface area contributed by atoms with Crippen LogP contribution in [0.3, 0.4) is 0 Å². The Morgan fingerprint density at radius 1 is 1.18 bits per heavy atom.